The van der Waals surface area contributed by atoms with Crippen LogP contribution in [0.15, 0.2) is 24.3 Å². The second-order valence-corrected chi connectivity index (χ2v) is 7.87. The van der Waals surface area contributed by atoms with Crippen molar-refractivity contribution in [2.24, 2.45) is 0 Å². The van der Waals surface area contributed by atoms with E-state index in [0.29, 0.717) is 24.0 Å². The molecule has 0 saturated carbocycles. The number of alkyl halides is 3. The van der Waals surface area contributed by atoms with E-state index >= 15 is 0 Å². The maximum atomic E-state index is 13.7. The van der Waals surface area contributed by atoms with E-state index < -0.39 is 38.3 Å². The van der Waals surface area contributed by atoms with Crippen LogP contribution in [0.1, 0.15) is 24.8 Å². The second kappa shape index (κ2) is 4.97. The van der Waals surface area contributed by atoms with Gasteiger partial charge in [0.2, 0.25) is 0 Å². The van der Waals surface area contributed by atoms with Crippen LogP contribution in [0.25, 0.3) is 5.57 Å². The minimum Gasteiger partial charge on any atom is -0.403 e. The average Bonchev–Trinajstić information content (AvgIpc) is 2.60. The van der Waals surface area contributed by atoms with E-state index in [0.717, 1.165) is 12.1 Å². The Morgan fingerprint density at radius 3 is 2.50 bits per heavy atom. The summed E-state index contributed by atoms with van der Waals surface area (Å²) in [6.07, 6.45) is -2.02. The molecule has 1 aromatic carbocycles. The molecular formula is C14H12F4O3S. The van der Waals surface area contributed by atoms with Crippen LogP contribution in [0.5, 0.6) is 5.75 Å². The summed E-state index contributed by atoms with van der Waals surface area (Å²) in [7, 11) is -3.16. The van der Waals surface area contributed by atoms with Crippen LogP contribution in [0.2, 0.25) is 0 Å². The monoisotopic (exact) mass is 336 g/mol. The zero-order valence-corrected chi connectivity index (χ0v) is 12.0. The summed E-state index contributed by atoms with van der Waals surface area (Å²) in [5.74, 6) is -2.03. The van der Waals surface area contributed by atoms with E-state index in [1.165, 1.54) is 6.07 Å². The molecule has 22 heavy (non-hydrogen) atoms. The van der Waals surface area contributed by atoms with Crippen molar-refractivity contribution in [1.29, 1.82) is 0 Å². The SMILES string of the molecule is O=S1(=O)C2C=C(c3ccc(OC(F)(F)F)c(F)c3)CC1CC2. The van der Waals surface area contributed by atoms with Gasteiger partial charge in [-0.2, -0.15) is 0 Å². The lowest BCUT2D eigenvalue weighted by Gasteiger charge is -2.21. The van der Waals surface area contributed by atoms with Gasteiger partial charge in [-0.25, -0.2) is 12.8 Å². The molecule has 0 N–H and O–H groups in total. The second-order valence-electron chi connectivity index (χ2n) is 5.42. The fourth-order valence-corrected chi connectivity index (χ4v) is 5.17. The average molecular weight is 336 g/mol. The van der Waals surface area contributed by atoms with E-state index in [4.69, 9.17) is 0 Å². The van der Waals surface area contributed by atoms with Crippen LogP contribution in [0.3, 0.4) is 0 Å². The van der Waals surface area contributed by atoms with Crippen LogP contribution in [0, 0.1) is 5.82 Å². The van der Waals surface area contributed by atoms with Gasteiger partial charge in [0.25, 0.3) is 0 Å². The lowest BCUT2D eigenvalue weighted by Crippen LogP contribution is -2.26. The number of allylic oxidation sites excluding steroid dienone is 1. The summed E-state index contributed by atoms with van der Waals surface area (Å²) >= 11 is 0. The lowest BCUT2D eigenvalue weighted by molar-refractivity contribution is -0.275. The van der Waals surface area contributed by atoms with Crippen molar-refractivity contribution in [3.63, 3.8) is 0 Å². The molecule has 0 radical (unpaired) electrons. The highest BCUT2D eigenvalue weighted by molar-refractivity contribution is 7.93. The molecule has 1 fully saturated rings. The van der Waals surface area contributed by atoms with Gasteiger partial charge in [0, 0.05) is 0 Å². The van der Waals surface area contributed by atoms with Crippen LogP contribution in [-0.2, 0) is 9.84 Å². The van der Waals surface area contributed by atoms with Crippen molar-refractivity contribution >= 4 is 15.4 Å². The van der Waals surface area contributed by atoms with Gasteiger partial charge >= 0.3 is 6.36 Å². The number of rotatable bonds is 2. The number of halogens is 4. The molecule has 8 heteroatoms. The number of sulfone groups is 1. The molecule has 2 aliphatic rings. The maximum absolute atomic E-state index is 13.7. The molecule has 3 nitrogen and oxygen atoms in total. The maximum Gasteiger partial charge on any atom is 0.573 e. The van der Waals surface area contributed by atoms with E-state index in [9.17, 15) is 26.0 Å². The molecule has 1 aromatic rings. The molecule has 120 valence electrons. The highest BCUT2D eigenvalue weighted by Crippen LogP contribution is 2.41. The normalized spacial score (nSPS) is 26.6. The highest BCUT2D eigenvalue weighted by Gasteiger charge is 2.43. The predicted octanol–water partition coefficient (Wildman–Crippen LogP) is 3.46. The third-order valence-electron chi connectivity index (χ3n) is 4.02. The van der Waals surface area contributed by atoms with Crippen LogP contribution >= 0.6 is 0 Å². The summed E-state index contributed by atoms with van der Waals surface area (Å²) in [5, 5.41) is -1.05. The van der Waals surface area contributed by atoms with Gasteiger partial charge in [0.15, 0.2) is 21.4 Å². The van der Waals surface area contributed by atoms with E-state index in [1.54, 1.807) is 6.08 Å². The summed E-state index contributed by atoms with van der Waals surface area (Å²) < 4.78 is 77.5. The van der Waals surface area contributed by atoms with Gasteiger partial charge in [0.1, 0.15) is 0 Å². The Bertz CT molecular complexity index is 737. The Morgan fingerprint density at radius 1 is 1.18 bits per heavy atom. The number of hydrogen-bond donors (Lipinski definition) is 0. The van der Waals surface area contributed by atoms with Gasteiger partial charge in [-0.1, -0.05) is 12.1 Å². The van der Waals surface area contributed by atoms with Crippen molar-refractivity contribution in [2.75, 3.05) is 0 Å². The molecule has 2 unspecified atom stereocenters. The van der Waals surface area contributed by atoms with Gasteiger partial charge < -0.3 is 4.74 Å². The summed E-state index contributed by atoms with van der Waals surface area (Å²) in [6.45, 7) is 0. The van der Waals surface area contributed by atoms with Crippen molar-refractivity contribution in [1.82, 2.24) is 0 Å². The van der Waals surface area contributed by atoms with Crippen molar-refractivity contribution in [3.05, 3.63) is 35.7 Å². The van der Waals surface area contributed by atoms with Crippen molar-refractivity contribution < 1.29 is 30.7 Å². The summed E-state index contributed by atoms with van der Waals surface area (Å²) in [5.41, 5.74) is 1.04. The van der Waals surface area contributed by atoms with Crippen LogP contribution in [-0.4, -0.2) is 25.3 Å². The third-order valence-corrected chi connectivity index (χ3v) is 6.57. The molecule has 0 amide bonds. The third kappa shape index (κ3) is 2.71. The smallest absolute Gasteiger partial charge is 0.403 e. The van der Waals surface area contributed by atoms with Crippen molar-refractivity contribution in [2.45, 2.75) is 36.1 Å². The first-order chi connectivity index (χ1) is 10.2. The molecule has 0 spiro atoms. The summed E-state index contributed by atoms with van der Waals surface area (Å²) in [6, 6.07) is 3.17. The molecule has 2 atom stereocenters. The van der Waals surface area contributed by atoms with Gasteiger partial charge in [-0.3, -0.25) is 0 Å². The quantitative estimate of drug-likeness (QED) is 0.777. The number of ether oxygens (including phenoxy) is 1. The molecule has 2 aliphatic heterocycles. The number of fused-ring (bicyclic) bond motifs is 2. The predicted molar refractivity (Wildman–Crippen MR) is 71.4 cm³/mol. The molecule has 0 aliphatic carbocycles. The van der Waals surface area contributed by atoms with Gasteiger partial charge in [-0.15, -0.1) is 13.2 Å². The minimum absolute atomic E-state index is 0.262. The largest absolute Gasteiger partial charge is 0.573 e. The first kappa shape index (κ1) is 15.3. The van der Waals surface area contributed by atoms with E-state index in [-0.39, 0.29) is 6.42 Å². The van der Waals surface area contributed by atoms with E-state index in [2.05, 4.69) is 4.74 Å². The van der Waals surface area contributed by atoms with E-state index in [1.807, 2.05) is 0 Å². The standard InChI is InChI=1S/C14H12F4O3S/c15-12-7-8(1-4-13(12)21-14(16,17)18)9-5-10-2-3-11(6-9)22(10,19)20/h1,4-5,7,10-11H,2-3,6H2. The first-order valence-corrected chi connectivity index (χ1v) is 8.27. The zero-order chi connectivity index (χ0) is 16.1. The zero-order valence-electron chi connectivity index (χ0n) is 11.2. The Kier molecular flexibility index (Phi) is 3.47. The van der Waals surface area contributed by atoms with Gasteiger partial charge in [0.05, 0.1) is 10.5 Å². The van der Waals surface area contributed by atoms with Crippen LogP contribution < -0.4 is 4.74 Å². The highest BCUT2D eigenvalue weighted by atomic mass is 32.2. The molecular weight excluding hydrogens is 324 g/mol. The topological polar surface area (TPSA) is 43.4 Å². The molecule has 3 rings (SSSR count). The van der Waals surface area contributed by atoms with Gasteiger partial charge in [-0.05, 0) is 42.5 Å². The number of benzene rings is 1. The first-order valence-electron chi connectivity index (χ1n) is 6.66. The van der Waals surface area contributed by atoms with Crippen LogP contribution in [0.4, 0.5) is 17.6 Å². The lowest BCUT2D eigenvalue weighted by atomic mass is 10.0. The molecule has 0 aromatic heterocycles. The molecule has 2 bridgehead atoms. The Hall–Kier alpha value is -1.57. The fourth-order valence-electron chi connectivity index (χ4n) is 2.98. The summed E-state index contributed by atoms with van der Waals surface area (Å²) in [4.78, 5) is 0. The van der Waals surface area contributed by atoms with Crippen molar-refractivity contribution in [3.8, 4) is 5.75 Å². The fraction of sp³-hybridized carbons (Fsp3) is 0.429. The molecule has 2 heterocycles. The number of hydrogen-bond acceptors (Lipinski definition) is 3. The Labute approximate surface area is 124 Å². The Balaban J connectivity index is 1.90. The minimum atomic E-state index is -4.96. The molecule has 1 saturated heterocycles. The Morgan fingerprint density at radius 2 is 1.91 bits per heavy atom.